The molecular formula is C23H26ClN3O5. The average Bonchev–Trinajstić information content (AvgIpc) is 2.76. The highest BCUT2D eigenvalue weighted by atomic mass is 35.5. The van der Waals surface area contributed by atoms with Crippen molar-refractivity contribution in [3.8, 4) is 5.75 Å². The van der Waals surface area contributed by atoms with Crippen LogP contribution in [-0.4, -0.2) is 43.3 Å². The molecule has 0 aliphatic carbocycles. The summed E-state index contributed by atoms with van der Waals surface area (Å²) in [6.45, 7) is 5.43. The smallest absolute Gasteiger partial charge is 0.344 e. The second-order valence-electron chi connectivity index (χ2n) is 7.11. The van der Waals surface area contributed by atoms with Crippen molar-refractivity contribution in [2.24, 2.45) is 11.0 Å². The number of halogens is 1. The molecule has 0 aliphatic heterocycles. The Kier molecular flexibility index (Phi) is 9.69. The van der Waals surface area contributed by atoms with E-state index in [4.69, 9.17) is 21.1 Å². The first-order chi connectivity index (χ1) is 15.3. The molecule has 2 aromatic carbocycles. The largest absolute Gasteiger partial charge is 0.482 e. The molecule has 0 bridgehead atoms. The number of nitrogens with zero attached hydrogens (tertiary/aromatic N) is 1. The Labute approximate surface area is 191 Å². The van der Waals surface area contributed by atoms with Gasteiger partial charge in [-0.25, -0.2) is 10.2 Å². The molecule has 2 N–H and O–H groups in total. The molecule has 0 spiro atoms. The number of nitrogens with one attached hydrogen (secondary N) is 2. The van der Waals surface area contributed by atoms with E-state index in [9.17, 15) is 14.4 Å². The van der Waals surface area contributed by atoms with Crippen LogP contribution in [-0.2, 0) is 14.3 Å². The Morgan fingerprint density at radius 3 is 2.56 bits per heavy atom. The van der Waals surface area contributed by atoms with Crippen molar-refractivity contribution >= 4 is 35.6 Å². The van der Waals surface area contributed by atoms with Gasteiger partial charge in [0, 0.05) is 10.6 Å². The van der Waals surface area contributed by atoms with E-state index in [0.29, 0.717) is 21.9 Å². The Morgan fingerprint density at radius 1 is 1.12 bits per heavy atom. The zero-order chi connectivity index (χ0) is 23.5. The number of hydrogen-bond donors (Lipinski definition) is 2. The lowest BCUT2D eigenvalue weighted by Crippen LogP contribution is -2.48. The van der Waals surface area contributed by atoms with E-state index in [1.165, 1.54) is 12.3 Å². The molecule has 0 radical (unpaired) electrons. The van der Waals surface area contributed by atoms with Gasteiger partial charge < -0.3 is 14.8 Å². The van der Waals surface area contributed by atoms with Gasteiger partial charge in [0.25, 0.3) is 11.8 Å². The molecule has 2 aromatic rings. The minimum absolute atomic E-state index is 0.173. The fourth-order valence-electron chi connectivity index (χ4n) is 2.66. The second kappa shape index (κ2) is 12.5. The fraction of sp³-hybridized carbons (Fsp3) is 0.304. The predicted octanol–water partition coefficient (Wildman–Crippen LogP) is 3.19. The number of amides is 2. The zero-order valence-corrected chi connectivity index (χ0v) is 18.9. The monoisotopic (exact) mass is 459 g/mol. The molecule has 1 atom stereocenters. The van der Waals surface area contributed by atoms with Crippen LogP contribution in [0.15, 0.2) is 53.6 Å². The summed E-state index contributed by atoms with van der Waals surface area (Å²) in [5.74, 6) is -1.04. The van der Waals surface area contributed by atoms with Gasteiger partial charge in [0.05, 0.1) is 12.8 Å². The molecule has 0 aliphatic rings. The third kappa shape index (κ3) is 8.03. The van der Waals surface area contributed by atoms with Gasteiger partial charge in [0.2, 0.25) is 0 Å². The number of hydrazone groups is 1. The lowest BCUT2D eigenvalue weighted by molar-refractivity contribution is -0.145. The van der Waals surface area contributed by atoms with Crippen LogP contribution in [0.5, 0.6) is 5.75 Å². The molecule has 2 rings (SSSR count). The number of hydrogen-bond acceptors (Lipinski definition) is 6. The molecule has 0 aromatic heterocycles. The normalized spacial score (nSPS) is 11.8. The molecule has 2 amide bonds. The van der Waals surface area contributed by atoms with Crippen molar-refractivity contribution < 1.29 is 23.9 Å². The number of ether oxygens (including phenoxy) is 2. The Hall–Kier alpha value is -3.39. The van der Waals surface area contributed by atoms with Gasteiger partial charge in [0.15, 0.2) is 6.61 Å². The maximum Gasteiger partial charge on any atom is 0.344 e. The van der Waals surface area contributed by atoms with Crippen LogP contribution in [0.1, 0.15) is 36.7 Å². The first-order valence-corrected chi connectivity index (χ1v) is 10.5. The third-order valence-corrected chi connectivity index (χ3v) is 4.47. The molecule has 9 heteroatoms. The molecule has 0 fully saturated rings. The summed E-state index contributed by atoms with van der Waals surface area (Å²) < 4.78 is 10.2. The van der Waals surface area contributed by atoms with Gasteiger partial charge in [-0.15, -0.1) is 0 Å². The van der Waals surface area contributed by atoms with Gasteiger partial charge in [-0.3, -0.25) is 9.59 Å². The van der Waals surface area contributed by atoms with Gasteiger partial charge in [0.1, 0.15) is 11.8 Å². The van der Waals surface area contributed by atoms with E-state index in [0.717, 1.165) is 0 Å². The summed E-state index contributed by atoms with van der Waals surface area (Å²) in [6, 6.07) is 12.5. The fourth-order valence-corrected chi connectivity index (χ4v) is 2.85. The maximum absolute atomic E-state index is 12.6. The molecule has 32 heavy (non-hydrogen) atoms. The molecule has 0 saturated carbocycles. The Bertz CT molecular complexity index is 978. The summed E-state index contributed by atoms with van der Waals surface area (Å²) in [4.78, 5) is 36.4. The molecule has 170 valence electrons. The van der Waals surface area contributed by atoms with Crippen molar-refractivity contribution in [1.29, 1.82) is 0 Å². The van der Waals surface area contributed by atoms with Crippen molar-refractivity contribution in [1.82, 2.24) is 10.7 Å². The predicted molar refractivity (Wildman–Crippen MR) is 122 cm³/mol. The van der Waals surface area contributed by atoms with Crippen LogP contribution >= 0.6 is 11.6 Å². The maximum atomic E-state index is 12.6. The first kappa shape index (κ1) is 24.9. The minimum atomic E-state index is -0.794. The van der Waals surface area contributed by atoms with Crippen LogP contribution in [0.25, 0.3) is 0 Å². The quantitative estimate of drug-likeness (QED) is 0.322. The standard InChI is InChI=1S/C23H26ClN3O5/c1-4-31-20(28)14-32-19-10-5-7-16(11-19)13-25-27-23(30)21(15(2)3)26-22(29)17-8-6-9-18(24)12-17/h5-13,15,21H,4,14H2,1-3H3,(H,26,29)(H,27,30)/b25-13+. The summed E-state index contributed by atoms with van der Waals surface area (Å²) in [6.07, 6.45) is 1.44. The van der Waals surface area contributed by atoms with Crippen molar-refractivity contribution in [2.45, 2.75) is 26.8 Å². The van der Waals surface area contributed by atoms with Crippen LogP contribution in [0, 0.1) is 5.92 Å². The van der Waals surface area contributed by atoms with E-state index >= 15 is 0 Å². The molecular weight excluding hydrogens is 434 g/mol. The van der Waals surface area contributed by atoms with E-state index in [-0.39, 0.29) is 19.1 Å². The van der Waals surface area contributed by atoms with Crippen LogP contribution in [0.4, 0.5) is 0 Å². The number of esters is 1. The van der Waals surface area contributed by atoms with Crippen LogP contribution < -0.4 is 15.5 Å². The Morgan fingerprint density at radius 2 is 1.88 bits per heavy atom. The highest BCUT2D eigenvalue weighted by Crippen LogP contribution is 2.13. The van der Waals surface area contributed by atoms with E-state index in [1.54, 1.807) is 49.4 Å². The average molecular weight is 460 g/mol. The third-order valence-electron chi connectivity index (χ3n) is 4.23. The van der Waals surface area contributed by atoms with Gasteiger partial charge >= 0.3 is 5.97 Å². The van der Waals surface area contributed by atoms with Gasteiger partial charge in [-0.1, -0.05) is 43.6 Å². The summed E-state index contributed by atoms with van der Waals surface area (Å²) in [5.41, 5.74) is 3.45. The highest BCUT2D eigenvalue weighted by Gasteiger charge is 2.24. The number of benzene rings is 2. The van der Waals surface area contributed by atoms with Crippen molar-refractivity contribution in [3.63, 3.8) is 0 Å². The summed E-state index contributed by atoms with van der Waals surface area (Å²) in [5, 5.41) is 7.10. The molecule has 0 heterocycles. The number of carbonyl (C=O) groups excluding carboxylic acids is 3. The van der Waals surface area contributed by atoms with Crippen molar-refractivity contribution in [3.05, 3.63) is 64.7 Å². The van der Waals surface area contributed by atoms with Crippen molar-refractivity contribution in [2.75, 3.05) is 13.2 Å². The van der Waals surface area contributed by atoms with Gasteiger partial charge in [-0.05, 0) is 48.7 Å². The first-order valence-electron chi connectivity index (χ1n) is 10.1. The minimum Gasteiger partial charge on any atom is -0.482 e. The molecule has 1 unspecified atom stereocenters. The van der Waals surface area contributed by atoms with Gasteiger partial charge in [-0.2, -0.15) is 5.10 Å². The molecule has 8 nitrogen and oxygen atoms in total. The number of carbonyl (C=O) groups is 3. The van der Waals surface area contributed by atoms with Crippen LogP contribution in [0.3, 0.4) is 0 Å². The van der Waals surface area contributed by atoms with E-state index in [1.807, 2.05) is 13.8 Å². The topological polar surface area (TPSA) is 106 Å². The number of rotatable bonds is 10. The lowest BCUT2D eigenvalue weighted by Gasteiger charge is -2.20. The summed E-state index contributed by atoms with van der Waals surface area (Å²) >= 11 is 5.93. The SMILES string of the molecule is CCOC(=O)COc1cccc(/C=N/NC(=O)C(NC(=O)c2cccc(Cl)c2)C(C)C)c1. The second-order valence-corrected chi connectivity index (χ2v) is 7.54. The lowest BCUT2D eigenvalue weighted by atomic mass is 10.0. The summed E-state index contributed by atoms with van der Waals surface area (Å²) in [7, 11) is 0. The van der Waals surface area contributed by atoms with E-state index in [2.05, 4.69) is 15.8 Å². The highest BCUT2D eigenvalue weighted by molar-refractivity contribution is 6.31. The van der Waals surface area contributed by atoms with E-state index < -0.39 is 23.8 Å². The van der Waals surface area contributed by atoms with Crippen LogP contribution in [0.2, 0.25) is 5.02 Å². The Balaban J connectivity index is 1.96. The molecule has 0 saturated heterocycles. The zero-order valence-electron chi connectivity index (χ0n) is 18.1.